The van der Waals surface area contributed by atoms with E-state index in [1.807, 2.05) is 13.8 Å². The molecule has 0 radical (unpaired) electrons. The molecule has 32 heavy (non-hydrogen) atoms. The number of halogens is 1. The van der Waals surface area contributed by atoms with Gasteiger partial charge in [-0.3, -0.25) is 4.90 Å². The van der Waals surface area contributed by atoms with Crippen LogP contribution in [0.15, 0.2) is 66.4 Å². The minimum Gasteiger partial charge on any atom is -0.366 e. The molecule has 4 heteroatoms. The molecule has 1 aromatic carbocycles. The third-order valence-electron chi connectivity index (χ3n) is 6.69. The summed E-state index contributed by atoms with van der Waals surface area (Å²) in [6.45, 7) is 5.90. The molecule has 3 nitrogen and oxygen atoms in total. The van der Waals surface area contributed by atoms with Gasteiger partial charge in [-0.15, -0.1) is 0 Å². The largest absolute Gasteiger partial charge is 0.366 e. The average molecular weight is 449 g/mol. The molecule has 0 bridgehead atoms. The Hall–Kier alpha value is -2.25. The van der Waals surface area contributed by atoms with Crippen LogP contribution >= 0.6 is 11.6 Å². The summed E-state index contributed by atoms with van der Waals surface area (Å²) in [5.74, 6) is 6.39. The van der Waals surface area contributed by atoms with Gasteiger partial charge < -0.3 is 9.64 Å². The zero-order valence-electron chi connectivity index (χ0n) is 19.6. The van der Waals surface area contributed by atoms with Crippen molar-refractivity contribution in [2.45, 2.75) is 49.8 Å². The maximum absolute atomic E-state index is 7.41. The number of alkyl halides is 1. The van der Waals surface area contributed by atoms with Crippen molar-refractivity contribution in [3.63, 3.8) is 0 Å². The van der Waals surface area contributed by atoms with Gasteiger partial charge in [-0.05, 0) is 63.6 Å². The summed E-state index contributed by atoms with van der Waals surface area (Å²) >= 11 is 7.41. The van der Waals surface area contributed by atoms with E-state index in [9.17, 15) is 0 Å². The Kier molecular flexibility index (Phi) is 6.67. The lowest BCUT2D eigenvalue weighted by Gasteiger charge is -2.43. The Morgan fingerprint density at radius 3 is 2.66 bits per heavy atom. The number of likely N-dealkylation sites (tertiary alicyclic amines) is 1. The number of hydrogen-bond donors (Lipinski definition) is 0. The fourth-order valence-corrected chi connectivity index (χ4v) is 4.95. The summed E-state index contributed by atoms with van der Waals surface area (Å²) in [5, 5.41) is 0. The van der Waals surface area contributed by atoms with Crippen molar-refractivity contribution in [2.24, 2.45) is 0 Å². The van der Waals surface area contributed by atoms with Crippen molar-refractivity contribution in [3.8, 4) is 11.8 Å². The molecule has 0 aromatic heterocycles. The number of likely N-dealkylation sites (N-methyl/N-ethyl adjacent to an activating group) is 1. The average Bonchev–Trinajstić information content (AvgIpc) is 3.24. The maximum Gasteiger partial charge on any atom is 0.144 e. The maximum atomic E-state index is 7.41. The molecule has 3 aliphatic rings. The summed E-state index contributed by atoms with van der Waals surface area (Å²) in [5.41, 5.74) is 4.13. The molecular weight excluding hydrogens is 416 g/mol. The first-order chi connectivity index (χ1) is 15.3. The summed E-state index contributed by atoms with van der Waals surface area (Å²) in [7, 11) is 3.90. The third kappa shape index (κ3) is 4.74. The van der Waals surface area contributed by atoms with Crippen LogP contribution in [0, 0.1) is 11.8 Å². The third-order valence-corrected chi connectivity index (χ3v) is 7.27. The van der Waals surface area contributed by atoms with E-state index >= 15 is 0 Å². The summed E-state index contributed by atoms with van der Waals surface area (Å²) in [4.78, 5) is 4.15. The first kappa shape index (κ1) is 22.9. The molecule has 1 fully saturated rings. The predicted octanol–water partition coefficient (Wildman–Crippen LogP) is 5.59. The number of ether oxygens (including phenoxy) is 1. The smallest absolute Gasteiger partial charge is 0.144 e. The second-order valence-electron chi connectivity index (χ2n) is 9.34. The molecule has 2 atom stereocenters. The van der Waals surface area contributed by atoms with E-state index in [0.29, 0.717) is 6.04 Å². The fourth-order valence-electron chi connectivity index (χ4n) is 4.58. The van der Waals surface area contributed by atoms with Crippen LogP contribution in [-0.4, -0.2) is 53.7 Å². The Bertz CT molecular complexity index is 1020. The van der Waals surface area contributed by atoms with Gasteiger partial charge >= 0.3 is 0 Å². The van der Waals surface area contributed by atoms with Crippen molar-refractivity contribution in [3.05, 3.63) is 77.5 Å². The molecule has 2 heterocycles. The molecule has 0 N–H and O–H groups in total. The molecule has 2 unspecified atom stereocenters. The molecule has 1 aliphatic carbocycles. The Morgan fingerprint density at radius 1 is 1.19 bits per heavy atom. The minimum atomic E-state index is -0.604. The van der Waals surface area contributed by atoms with E-state index in [1.54, 1.807) is 7.11 Å². The first-order valence-electron chi connectivity index (χ1n) is 11.4. The number of methoxy groups -OCH3 is 1. The number of benzene rings is 1. The van der Waals surface area contributed by atoms with Gasteiger partial charge in [0.15, 0.2) is 0 Å². The normalized spacial score (nSPS) is 25.9. The predicted molar refractivity (Wildman–Crippen MR) is 134 cm³/mol. The molecule has 0 saturated carbocycles. The number of hydrogen-bond acceptors (Lipinski definition) is 3. The van der Waals surface area contributed by atoms with E-state index in [-0.39, 0.29) is 0 Å². The van der Waals surface area contributed by atoms with Crippen LogP contribution in [-0.2, 0) is 4.74 Å². The highest BCUT2D eigenvalue weighted by atomic mass is 35.5. The zero-order chi connectivity index (χ0) is 22.8. The highest BCUT2D eigenvalue weighted by molar-refractivity contribution is 6.30. The lowest BCUT2D eigenvalue weighted by atomic mass is 9.89. The molecule has 0 amide bonds. The summed E-state index contributed by atoms with van der Waals surface area (Å²) in [6.07, 6.45) is 16.5. The van der Waals surface area contributed by atoms with Crippen LogP contribution in [0.5, 0.6) is 0 Å². The molecular formula is C28H33ClN2O. The zero-order valence-corrected chi connectivity index (χ0v) is 20.3. The topological polar surface area (TPSA) is 15.7 Å². The van der Waals surface area contributed by atoms with Crippen molar-refractivity contribution in [1.82, 2.24) is 9.80 Å². The Labute approximate surface area is 198 Å². The molecule has 1 saturated heterocycles. The lowest BCUT2D eigenvalue weighted by Crippen LogP contribution is -2.44. The summed E-state index contributed by atoms with van der Waals surface area (Å²) < 4.78 is 5.40. The highest BCUT2D eigenvalue weighted by Crippen LogP contribution is 2.43. The Morgan fingerprint density at radius 2 is 1.97 bits per heavy atom. The van der Waals surface area contributed by atoms with Gasteiger partial charge in [-0.1, -0.05) is 66.0 Å². The van der Waals surface area contributed by atoms with Crippen LogP contribution in [0.4, 0.5) is 0 Å². The molecule has 0 spiro atoms. The van der Waals surface area contributed by atoms with Gasteiger partial charge in [0, 0.05) is 43.5 Å². The van der Waals surface area contributed by atoms with E-state index in [0.717, 1.165) is 36.2 Å². The second kappa shape index (κ2) is 9.32. The van der Waals surface area contributed by atoms with Crippen LogP contribution < -0.4 is 0 Å². The lowest BCUT2D eigenvalue weighted by molar-refractivity contribution is 0.0742. The molecule has 168 valence electrons. The molecule has 2 aliphatic heterocycles. The van der Waals surface area contributed by atoms with E-state index in [1.165, 1.54) is 18.4 Å². The van der Waals surface area contributed by atoms with Gasteiger partial charge in [0.25, 0.3) is 0 Å². The standard InChI is InChI=1S/C28H33ClN2O/c1-27(2,32-4)18-16-22-12-14-23(15-13-22)25-10-5-6-17-28(25,29)31-20-7-9-24(21-31)26-11-8-19-30(26)3/h5-7,9-10,12-15,21,26H,8,11,17,19-20H2,1-4H3. The SMILES string of the molecule is COC(C)(C)C#Cc1ccc(C2=CC=CCC2(Cl)N2C=C(C3CCCN3C)C=CC2)cc1. The van der Waals surface area contributed by atoms with Crippen LogP contribution in [0.1, 0.15) is 44.2 Å². The van der Waals surface area contributed by atoms with Gasteiger partial charge in [0.2, 0.25) is 0 Å². The highest BCUT2D eigenvalue weighted by Gasteiger charge is 2.39. The van der Waals surface area contributed by atoms with Crippen molar-refractivity contribution in [2.75, 3.05) is 27.2 Å². The van der Waals surface area contributed by atoms with Gasteiger partial charge in [-0.25, -0.2) is 0 Å². The number of allylic oxidation sites excluding steroid dienone is 2. The van der Waals surface area contributed by atoms with Gasteiger partial charge in [0.1, 0.15) is 10.6 Å². The Balaban J connectivity index is 1.60. The van der Waals surface area contributed by atoms with E-state index < -0.39 is 10.6 Å². The van der Waals surface area contributed by atoms with Gasteiger partial charge in [0.05, 0.1) is 0 Å². The van der Waals surface area contributed by atoms with Crippen LogP contribution in [0.3, 0.4) is 0 Å². The van der Waals surface area contributed by atoms with E-state index in [4.69, 9.17) is 16.3 Å². The quantitative estimate of drug-likeness (QED) is 0.339. The van der Waals surface area contributed by atoms with Crippen molar-refractivity contribution < 1.29 is 4.74 Å². The molecule has 4 rings (SSSR count). The number of nitrogens with zero attached hydrogens (tertiary/aromatic N) is 2. The minimum absolute atomic E-state index is 0.458. The monoisotopic (exact) mass is 448 g/mol. The summed E-state index contributed by atoms with van der Waals surface area (Å²) in [6, 6.07) is 8.86. The van der Waals surface area contributed by atoms with E-state index in [2.05, 4.69) is 89.5 Å². The van der Waals surface area contributed by atoms with Crippen LogP contribution in [0.2, 0.25) is 0 Å². The fraction of sp³-hybridized carbons (Fsp3) is 0.429. The molecule has 1 aromatic rings. The van der Waals surface area contributed by atoms with Gasteiger partial charge in [-0.2, -0.15) is 0 Å². The second-order valence-corrected chi connectivity index (χ2v) is 9.96. The number of rotatable bonds is 4. The first-order valence-corrected chi connectivity index (χ1v) is 11.8. The van der Waals surface area contributed by atoms with Crippen molar-refractivity contribution >= 4 is 17.2 Å². The van der Waals surface area contributed by atoms with Crippen LogP contribution in [0.25, 0.3) is 5.57 Å². The van der Waals surface area contributed by atoms with Crippen molar-refractivity contribution in [1.29, 1.82) is 0 Å².